The van der Waals surface area contributed by atoms with Crippen LogP contribution in [-0.4, -0.2) is 42.4 Å². The number of aryl methyl sites for hydroxylation is 1. The van der Waals surface area contributed by atoms with Gasteiger partial charge in [-0.3, -0.25) is 14.5 Å². The Balaban J connectivity index is 1.81. The fourth-order valence-electron chi connectivity index (χ4n) is 3.26. The predicted octanol–water partition coefficient (Wildman–Crippen LogP) is 3.21. The molecule has 1 aliphatic heterocycles. The number of hydrogen-bond acceptors (Lipinski definition) is 6. The Bertz CT molecular complexity index is 1070. The maximum Gasteiger partial charge on any atom is 0.341 e. The van der Waals surface area contributed by atoms with Gasteiger partial charge in [0.25, 0.3) is 5.91 Å². The third kappa shape index (κ3) is 3.66. The van der Waals surface area contributed by atoms with Gasteiger partial charge in [-0.05, 0) is 32.4 Å². The van der Waals surface area contributed by atoms with Gasteiger partial charge >= 0.3 is 12.0 Å². The minimum Gasteiger partial charge on any atom is -0.465 e. The number of rotatable bonds is 5. The molecular weight excluding hydrogens is 430 g/mol. The summed E-state index contributed by atoms with van der Waals surface area (Å²) in [6.07, 6.45) is 0. The van der Waals surface area contributed by atoms with Gasteiger partial charge in [0.05, 0.1) is 12.7 Å². The molecule has 0 spiro atoms. The smallest absolute Gasteiger partial charge is 0.341 e. The number of benzene rings is 1. The summed E-state index contributed by atoms with van der Waals surface area (Å²) in [6, 6.07) is 5.98. The molecule has 4 amide bonds. The van der Waals surface area contributed by atoms with Crippen LogP contribution in [0.15, 0.2) is 24.3 Å². The predicted molar refractivity (Wildman–Crippen MR) is 113 cm³/mol. The number of anilines is 1. The fourth-order valence-corrected chi connectivity index (χ4v) is 4.65. The molecule has 1 atom stereocenters. The van der Waals surface area contributed by atoms with Crippen LogP contribution in [0.25, 0.3) is 0 Å². The average molecular weight is 450 g/mol. The molecule has 3 rings (SSSR count). The number of carbonyl (C=O) groups is 4. The maximum atomic E-state index is 13.0. The zero-order valence-corrected chi connectivity index (χ0v) is 18.4. The summed E-state index contributed by atoms with van der Waals surface area (Å²) in [4.78, 5) is 51.8. The molecule has 1 aliphatic rings. The number of thiophene rings is 1. The number of halogens is 1. The first-order valence-corrected chi connectivity index (χ1v) is 10.2. The zero-order valence-electron chi connectivity index (χ0n) is 16.8. The van der Waals surface area contributed by atoms with Crippen LogP contribution in [0, 0.1) is 13.8 Å². The highest BCUT2D eigenvalue weighted by molar-refractivity contribution is 7.16. The molecule has 0 bridgehead atoms. The maximum absolute atomic E-state index is 13.0. The second-order valence-electron chi connectivity index (χ2n) is 6.95. The van der Waals surface area contributed by atoms with Gasteiger partial charge in [0.1, 0.15) is 17.1 Å². The van der Waals surface area contributed by atoms with Crippen LogP contribution in [0.4, 0.5) is 9.80 Å². The minimum absolute atomic E-state index is 0.256. The van der Waals surface area contributed by atoms with Crippen LogP contribution in [0.5, 0.6) is 0 Å². The van der Waals surface area contributed by atoms with Crippen molar-refractivity contribution in [3.05, 3.63) is 50.9 Å². The summed E-state index contributed by atoms with van der Waals surface area (Å²) in [7, 11) is 1.25. The highest BCUT2D eigenvalue weighted by Gasteiger charge is 2.50. The number of hydrogen-bond donors (Lipinski definition) is 2. The van der Waals surface area contributed by atoms with Crippen LogP contribution >= 0.6 is 22.9 Å². The molecule has 2 aromatic rings. The van der Waals surface area contributed by atoms with Crippen LogP contribution in [0.3, 0.4) is 0 Å². The Morgan fingerprint density at radius 2 is 1.93 bits per heavy atom. The molecule has 1 aromatic carbocycles. The quantitative estimate of drug-likeness (QED) is 0.538. The van der Waals surface area contributed by atoms with Crippen molar-refractivity contribution in [1.82, 2.24) is 10.2 Å². The Morgan fingerprint density at radius 3 is 2.57 bits per heavy atom. The molecule has 1 saturated heterocycles. The largest absolute Gasteiger partial charge is 0.465 e. The van der Waals surface area contributed by atoms with Crippen molar-refractivity contribution >= 4 is 51.8 Å². The average Bonchev–Trinajstić information content (AvgIpc) is 3.09. The van der Waals surface area contributed by atoms with Crippen molar-refractivity contribution < 1.29 is 23.9 Å². The molecule has 8 nitrogen and oxygen atoms in total. The van der Waals surface area contributed by atoms with Crippen molar-refractivity contribution in [2.75, 3.05) is 19.0 Å². The molecule has 0 radical (unpaired) electrons. The molecule has 1 aromatic heterocycles. The van der Waals surface area contributed by atoms with Gasteiger partial charge in [-0.25, -0.2) is 9.59 Å². The number of methoxy groups -OCH3 is 1. The lowest BCUT2D eigenvalue weighted by Gasteiger charge is -2.23. The van der Waals surface area contributed by atoms with Crippen molar-refractivity contribution in [2.45, 2.75) is 26.3 Å². The first-order chi connectivity index (χ1) is 14.1. The number of urea groups is 1. The van der Waals surface area contributed by atoms with Crippen LogP contribution in [0.2, 0.25) is 5.02 Å². The van der Waals surface area contributed by atoms with Gasteiger partial charge in [-0.15, -0.1) is 11.3 Å². The Kier molecular flexibility index (Phi) is 5.87. The Morgan fingerprint density at radius 1 is 1.27 bits per heavy atom. The van der Waals surface area contributed by atoms with Gasteiger partial charge in [0, 0.05) is 15.5 Å². The highest BCUT2D eigenvalue weighted by Crippen LogP contribution is 2.35. The second kappa shape index (κ2) is 8.08. The summed E-state index contributed by atoms with van der Waals surface area (Å²) >= 11 is 7.42. The molecule has 158 valence electrons. The monoisotopic (exact) mass is 449 g/mol. The molecule has 1 fully saturated rings. The standard InChI is InChI=1S/C20H20ClN3O5S/c1-10-11(2)30-16(15(10)17(26)29-4)22-14(25)9-24-18(27)20(3,23-19(24)28)12-7-5-6-8-13(12)21/h5-8H,9H2,1-4H3,(H,22,25)(H,23,28). The van der Waals surface area contributed by atoms with Gasteiger partial charge in [-0.1, -0.05) is 29.8 Å². The first kappa shape index (κ1) is 21.8. The van der Waals surface area contributed by atoms with E-state index in [1.165, 1.54) is 25.4 Å². The molecule has 30 heavy (non-hydrogen) atoms. The van der Waals surface area contributed by atoms with Gasteiger partial charge in [-0.2, -0.15) is 0 Å². The molecule has 10 heteroatoms. The topological polar surface area (TPSA) is 105 Å². The number of imide groups is 1. The third-order valence-electron chi connectivity index (χ3n) is 5.02. The fraction of sp³-hybridized carbons (Fsp3) is 0.300. The number of ether oxygens (including phenoxy) is 1. The molecule has 2 N–H and O–H groups in total. The highest BCUT2D eigenvalue weighted by atomic mass is 35.5. The van der Waals surface area contributed by atoms with E-state index in [0.717, 1.165) is 9.78 Å². The van der Waals surface area contributed by atoms with E-state index in [1.807, 2.05) is 6.92 Å². The number of esters is 1. The minimum atomic E-state index is -1.39. The lowest BCUT2D eigenvalue weighted by Crippen LogP contribution is -2.42. The van der Waals surface area contributed by atoms with Crippen LogP contribution in [-0.2, 0) is 19.9 Å². The van der Waals surface area contributed by atoms with E-state index in [2.05, 4.69) is 10.6 Å². The molecule has 1 unspecified atom stereocenters. The van der Waals surface area contributed by atoms with E-state index >= 15 is 0 Å². The van der Waals surface area contributed by atoms with E-state index in [-0.39, 0.29) is 5.56 Å². The Labute approximate surface area is 182 Å². The number of nitrogens with one attached hydrogen (secondary N) is 2. The first-order valence-electron chi connectivity index (χ1n) is 8.97. The summed E-state index contributed by atoms with van der Waals surface area (Å²) in [6.45, 7) is 4.59. The summed E-state index contributed by atoms with van der Waals surface area (Å²) in [5, 5.41) is 5.86. The third-order valence-corrected chi connectivity index (χ3v) is 6.47. The van der Waals surface area contributed by atoms with Gasteiger partial charge in [0.2, 0.25) is 5.91 Å². The number of nitrogens with zero attached hydrogens (tertiary/aromatic N) is 1. The van der Waals surface area contributed by atoms with E-state index < -0.39 is 35.9 Å². The zero-order chi connectivity index (χ0) is 22.2. The SMILES string of the molecule is COC(=O)c1c(NC(=O)CN2C(=O)NC(C)(c3ccccc3Cl)C2=O)sc(C)c1C. The number of amides is 4. The lowest BCUT2D eigenvalue weighted by atomic mass is 9.92. The summed E-state index contributed by atoms with van der Waals surface area (Å²) in [5.41, 5.74) is 0.00325. The van der Waals surface area contributed by atoms with Gasteiger partial charge in [0.15, 0.2) is 0 Å². The summed E-state index contributed by atoms with van der Waals surface area (Å²) in [5.74, 6) is -1.79. The van der Waals surface area contributed by atoms with Crippen molar-refractivity contribution in [2.24, 2.45) is 0 Å². The lowest BCUT2D eigenvalue weighted by molar-refractivity contribution is -0.133. The van der Waals surface area contributed by atoms with Crippen molar-refractivity contribution in [3.8, 4) is 0 Å². The van der Waals surface area contributed by atoms with E-state index in [0.29, 0.717) is 21.2 Å². The number of carbonyl (C=O) groups excluding carboxylic acids is 4. The van der Waals surface area contributed by atoms with Gasteiger partial charge < -0.3 is 15.4 Å². The molecule has 0 aliphatic carbocycles. The second-order valence-corrected chi connectivity index (χ2v) is 8.59. The molecular formula is C20H20ClN3O5S. The molecule has 0 saturated carbocycles. The van der Waals surface area contributed by atoms with E-state index in [9.17, 15) is 19.2 Å². The van der Waals surface area contributed by atoms with E-state index in [1.54, 1.807) is 31.2 Å². The van der Waals surface area contributed by atoms with E-state index in [4.69, 9.17) is 16.3 Å². The molecule has 2 heterocycles. The van der Waals surface area contributed by atoms with Crippen molar-refractivity contribution in [1.29, 1.82) is 0 Å². The Hall–Kier alpha value is -2.91. The van der Waals surface area contributed by atoms with Crippen LogP contribution in [0.1, 0.15) is 33.3 Å². The normalized spacial score (nSPS) is 18.4. The van der Waals surface area contributed by atoms with Crippen LogP contribution < -0.4 is 10.6 Å². The summed E-state index contributed by atoms with van der Waals surface area (Å²) < 4.78 is 4.78. The van der Waals surface area contributed by atoms with Crippen molar-refractivity contribution in [3.63, 3.8) is 0 Å².